The van der Waals surface area contributed by atoms with Crippen LogP contribution in [0, 0.1) is 68.5 Å². The van der Waals surface area contributed by atoms with Crippen molar-refractivity contribution in [2.75, 3.05) is 25.1 Å². The number of anilines is 1. The smallest absolute Gasteiger partial charge is 0.206 e. The molecule has 0 fully saturated rings. The van der Waals surface area contributed by atoms with Crippen molar-refractivity contribution in [1.29, 1.82) is 15.8 Å². The molecule has 0 amide bonds. The van der Waals surface area contributed by atoms with Crippen LogP contribution in [0.1, 0.15) is 46.1 Å². The van der Waals surface area contributed by atoms with Crippen molar-refractivity contribution in [1.82, 2.24) is 0 Å². The summed E-state index contributed by atoms with van der Waals surface area (Å²) in [4.78, 5) is 1.72. The molecule has 0 N–H and O–H groups in total. The second kappa shape index (κ2) is 14.7. The summed E-state index contributed by atoms with van der Waals surface area (Å²) in [6, 6.07) is 13.1. The molecule has 2 aromatic carbocycles. The van der Waals surface area contributed by atoms with E-state index in [0.29, 0.717) is 5.57 Å². The summed E-state index contributed by atoms with van der Waals surface area (Å²) in [6.45, 7) is 7.69. The molecule has 0 saturated carbocycles. The highest BCUT2D eigenvalue weighted by atomic mass is 19.2. The van der Waals surface area contributed by atoms with Gasteiger partial charge in [-0.05, 0) is 60.9 Å². The van der Waals surface area contributed by atoms with Crippen LogP contribution >= 0.6 is 0 Å². The lowest BCUT2D eigenvalue weighted by Crippen LogP contribution is -2.24. The van der Waals surface area contributed by atoms with Crippen LogP contribution in [0.2, 0.25) is 0 Å². The monoisotopic (exact) mass is 672 g/mol. The van der Waals surface area contributed by atoms with Gasteiger partial charge in [0.1, 0.15) is 36.0 Å². The standard InChI is InChI=1S/C38H33F5N4O2/c1-37(2)18-24(7-6-8-29-28(22-46)35(26(20-44)21-45)49-38(29,3)4)17-25(19-37)10-9-23-11-13-27(14-12-23)47(5)15-16-48-36-33(42)31(40)30(39)32(41)34(36)43/h6-14,17H,15-16,18-19H2,1-5H3/b8-6+,10-9+,24-7-. The quantitative estimate of drug-likeness (QED) is 0.114. The summed E-state index contributed by atoms with van der Waals surface area (Å²) in [5.41, 5.74) is 3.44. The van der Waals surface area contributed by atoms with Gasteiger partial charge in [-0.3, -0.25) is 0 Å². The maximum absolute atomic E-state index is 13.9. The summed E-state index contributed by atoms with van der Waals surface area (Å²) in [6.07, 6.45) is 13.4. The number of nitriles is 3. The average molecular weight is 673 g/mol. The van der Waals surface area contributed by atoms with Crippen LogP contribution in [0.3, 0.4) is 0 Å². The van der Waals surface area contributed by atoms with Crippen LogP contribution < -0.4 is 9.64 Å². The normalized spacial score (nSPS) is 17.5. The van der Waals surface area contributed by atoms with Gasteiger partial charge in [-0.2, -0.15) is 24.6 Å². The molecule has 2 aromatic rings. The van der Waals surface area contributed by atoms with E-state index < -0.39 is 40.4 Å². The van der Waals surface area contributed by atoms with Gasteiger partial charge in [-0.1, -0.05) is 62.4 Å². The number of nitrogens with zero attached hydrogens (tertiary/aromatic N) is 4. The predicted octanol–water partition coefficient (Wildman–Crippen LogP) is 9.07. The molecule has 1 aliphatic carbocycles. The van der Waals surface area contributed by atoms with E-state index in [-0.39, 0.29) is 35.5 Å². The minimum Gasteiger partial charge on any atom is -0.486 e. The van der Waals surface area contributed by atoms with Crippen LogP contribution in [0.4, 0.5) is 27.6 Å². The van der Waals surface area contributed by atoms with Crippen molar-refractivity contribution >= 4 is 11.8 Å². The van der Waals surface area contributed by atoms with E-state index in [1.165, 1.54) is 0 Å². The first kappa shape index (κ1) is 36.2. The lowest BCUT2D eigenvalue weighted by atomic mass is 9.75. The lowest BCUT2D eigenvalue weighted by molar-refractivity contribution is 0.0954. The number of hydrogen-bond acceptors (Lipinski definition) is 6. The molecule has 252 valence electrons. The van der Waals surface area contributed by atoms with E-state index in [9.17, 15) is 37.7 Å². The molecule has 0 saturated heterocycles. The molecule has 1 heterocycles. The number of ether oxygens (including phenoxy) is 2. The molecule has 11 heteroatoms. The highest BCUT2D eigenvalue weighted by Crippen LogP contribution is 2.41. The molecule has 6 nitrogen and oxygen atoms in total. The van der Waals surface area contributed by atoms with Crippen molar-refractivity contribution in [2.24, 2.45) is 5.41 Å². The van der Waals surface area contributed by atoms with Crippen LogP contribution in [-0.2, 0) is 4.74 Å². The largest absolute Gasteiger partial charge is 0.486 e. The van der Waals surface area contributed by atoms with E-state index in [1.807, 2.05) is 48.6 Å². The first-order valence-corrected chi connectivity index (χ1v) is 15.2. The van der Waals surface area contributed by atoms with E-state index >= 15 is 0 Å². The SMILES string of the molecule is CN(CCOc1c(F)c(F)c(F)c(F)c1F)c1ccc(/C=C/C2=CC(=C/C=C/C3=C(C#N)C(=C(C#N)C#N)OC3(C)C)/CC(C)(C)C2)cc1. The summed E-state index contributed by atoms with van der Waals surface area (Å²) >= 11 is 0. The highest BCUT2D eigenvalue weighted by molar-refractivity contribution is 5.61. The Morgan fingerprint density at radius 2 is 1.49 bits per heavy atom. The zero-order valence-electron chi connectivity index (χ0n) is 27.6. The fraction of sp³-hybridized carbons (Fsp3) is 0.289. The average Bonchev–Trinajstić information content (AvgIpc) is 3.32. The molecular weight excluding hydrogens is 639 g/mol. The van der Waals surface area contributed by atoms with Crippen LogP contribution in [0.25, 0.3) is 6.08 Å². The molecule has 0 bridgehead atoms. The Morgan fingerprint density at radius 1 is 0.878 bits per heavy atom. The third-order valence-corrected chi connectivity index (χ3v) is 8.04. The van der Waals surface area contributed by atoms with Gasteiger partial charge < -0.3 is 14.4 Å². The molecule has 0 atom stereocenters. The first-order valence-electron chi connectivity index (χ1n) is 15.2. The second-order valence-corrected chi connectivity index (χ2v) is 12.9. The van der Waals surface area contributed by atoms with Gasteiger partial charge in [-0.25, -0.2) is 13.2 Å². The van der Waals surface area contributed by atoms with Crippen molar-refractivity contribution in [3.05, 3.63) is 123 Å². The van der Waals surface area contributed by atoms with Crippen molar-refractivity contribution in [3.63, 3.8) is 0 Å². The minimum absolute atomic E-state index is 0.00419. The molecule has 0 aromatic heterocycles. The molecule has 1 aliphatic heterocycles. The van der Waals surface area contributed by atoms with E-state index in [4.69, 9.17) is 9.47 Å². The van der Waals surface area contributed by atoms with E-state index in [0.717, 1.165) is 35.2 Å². The number of rotatable bonds is 9. The Bertz CT molecular complexity index is 1920. The van der Waals surface area contributed by atoms with Gasteiger partial charge in [0.05, 0.1) is 6.54 Å². The molecular formula is C38H33F5N4O2. The fourth-order valence-electron chi connectivity index (χ4n) is 5.64. The predicted molar refractivity (Wildman–Crippen MR) is 175 cm³/mol. The van der Waals surface area contributed by atoms with Gasteiger partial charge >= 0.3 is 0 Å². The van der Waals surface area contributed by atoms with Gasteiger partial charge in [0, 0.05) is 18.3 Å². The fourth-order valence-corrected chi connectivity index (χ4v) is 5.64. The summed E-state index contributed by atoms with van der Waals surface area (Å²) in [5.74, 6) is -11.7. The number of likely N-dealkylation sites (N-methyl/N-ethyl adjacent to an activating group) is 1. The summed E-state index contributed by atoms with van der Waals surface area (Å²) in [7, 11) is 1.70. The lowest BCUT2D eigenvalue weighted by Gasteiger charge is -2.30. The Balaban J connectivity index is 1.44. The van der Waals surface area contributed by atoms with Crippen LogP contribution in [0.5, 0.6) is 5.75 Å². The number of hydrogen-bond donors (Lipinski definition) is 0. The molecule has 49 heavy (non-hydrogen) atoms. The molecule has 0 spiro atoms. The topological polar surface area (TPSA) is 93.1 Å². The molecule has 2 aliphatic rings. The maximum atomic E-state index is 13.9. The number of benzene rings is 2. The number of allylic oxidation sites excluding steroid dienone is 8. The van der Waals surface area contributed by atoms with Crippen molar-refractivity contribution < 1.29 is 31.4 Å². The maximum Gasteiger partial charge on any atom is 0.206 e. The van der Waals surface area contributed by atoms with Gasteiger partial charge in [0.2, 0.25) is 29.1 Å². The second-order valence-electron chi connectivity index (χ2n) is 12.9. The minimum atomic E-state index is -2.24. The summed E-state index contributed by atoms with van der Waals surface area (Å²) < 4.78 is 78.6. The van der Waals surface area contributed by atoms with Gasteiger partial charge in [-0.15, -0.1) is 0 Å². The van der Waals surface area contributed by atoms with Crippen LogP contribution in [-0.4, -0.2) is 25.8 Å². The number of halogens is 5. The zero-order chi connectivity index (χ0) is 36.1. The Labute approximate surface area is 282 Å². The van der Waals surface area contributed by atoms with Gasteiger partial charge in [0.15, 0.2) is 17.1 Å². The Morgan fingerprint density at radius 3 is 2.08 bits per heavy atom. The van der Waals surface area contributed by atoms with Crippen LogP contribution in [0.15, 0.2) is 88.3 Å². The van der Waals surface area contributed by atoms with Crippen molar-refractivity contribution in [3.8, 4) is 24.0 Å². The molecule has 0 radical (unpaired) electrons. The zero-order valence-corrected chi connectivity index (χ0v) is 27.6. The third-order valence-electron chi connectivity index (χ3n) is 8.04. The molecule has 4 rings (SSSR count). The van der Waals surface area contributed by atoms with Crippen molar-refractivity contribution in [2.45, 2.75) is 46.1 Å². The Kier molecular flexibility index (Phi) is 10.8. The Hall–Kier alpha value is -5.60. The summed E-state index contributed by atoms with van der Waals surface area (Å²) in [5, 5.41) is 28.3. The highest BCUT2D eigenvalue weighted by Gasteiger charge is 2.38. The third kappa shape index (κ3) is 8.11. The van der Waals surface area contributed by atoms with E-state index in [1.54, 1.807) is 44.0 Å². The van der Waals surface area contributed by atoms with Gasteiger partial charge in [0.25, 0.3) is 0 Å². The van der Waals surface area contributed by atoms with E-state index in [2.05, 4.69) is 26.0 Å². The first-order chi connectivity index (χ1) is 23.1. The molecule has 0 unspecified atom stereocenters.